The van der Waals surface area contributed by atoms with Crippen LogP contribution >= 0.6 is 46.4 Å². The van der Waals surface area contributed by atoms with Crippen molar-refractivity contribution in [2.75, 3.05) is 0 Å². The largest absolute Gasteiger partial charge is 0.448 e. The molecule has 1 aromatic heterocycles. The second-order valence-electron chi connectivity index (χ2n) is 4.52. The van der Waals surface area contributed by atoms with Crippen LogP contribution in [-0.4, -0.2) is 29.0 Å². The highest BCUT2D eigenvalue weighted by molar-refractivity contribution is 6.52. The number of hydrogen-bond donors (Lipinski definition) is 1. The number of aromatic nitrogens is 1. The number of nitrogens with zero attached hydrogens (tertiary/aromatic N) is 1. The standard InChI is InChI=1S/C12H10Cl4N2O3/c1-4(11(19)17-5-2-3-5)21-12(20)9-7(14)6(13)8(15)10(16)18-9/h4-5H,2-3H2,1H3,(H,17,19). The molecule has 0 aliphatic heterocycles. The molecule has 0 aromatic carbocycles. The van der Waals surface area contributed by atoms with Crippen molar-refractivity contribution in [1.82, 2.24) is 10.3 Å². The zero-order chi connectivity index (χ0) is 15.7. The maximum Gasteiger partial charge on any atom is 0.359 e. The van der Waals surface area contributed by atoms with Crippen molar-refractivity contribution >= 4 is 58.3 Å². The Balaban J connectivity index is 2.11. The summed E-state index contributed by atoms with van der Waals surface area (Å²) in [6, 6.07) is 0.166. The number of halogens is 4. The van der Waals surface area contributed by atoms with Crippen molar-refractivity contribution < 1.29 is 14.3 Å². The summed E-state index contributed by atoms with van der Waals surface area (Å²) in [7, 11) is 0. The molecule has 0 bridgehead atoms. The summed E-state index contributed by atoms with van der Waals surface area (Å²) in [5.74, 6) is -1.29. The second-order valence-corrected chi connectivity index (χ2v) is 6.02. The van der Waals surface area contributed by atoms with Crippen molar-refractivity contribution in [3.8, 4) is 0 Å². The molecular formula is C12H10Cl4N2O3. The maximum atomic E-state index is 12.0. The van der Waals surface area contributed by atoms with Gasteiger partial charge in [0.25, 0.3) is 5.91 Å². The van der Waals surface area contributed by atoms with Gasteiger partial charge in [0.2, 0.25) is 0 Å². The van der Waals surface area contributed by atoms with Crippen molar-refractivity contribution in [2.24, 2.45) is 0 Å². The molecular weight excluding hydrogens is 362 g/mol. The van der Waals surface area contributed by atoms with Gasteiger partial charge in [-0.25, -0.2) is 9.78 Å². The van der Waals surface area contributed by atoms with Crippen LogP contribution in [0.2, 0.25) is 20.2 Å². The van der Waals surface area contributed by atoms with E-state index in [0.29, 0.717) is 0 Å². The zero-order valence-electron chi connectivity index (χ0n) is 10.8. The van der Waals surface area contributed by atoms with Crippen molar-refractivity contribution in [1.29, 1.82) is 0 Å². The first-order valence-corrected chi connectivity index (χ1v) is 7.53. The van der Waals surface area contributed by atoms with Crippen molar-refractivity contribution in [3.63, 3.8) is 0 Å². The number of carbonyl (C=O) groups is 2. The minimum absolute atomic E-state index is 0.0561. The molecule has 1 N–H and O–H groups in total. The Morgan fingerprint density at radius 1 is 1.19 bits per heavy atom. The fourth-order valence-corrected chi connectivity index (χ4v) is 2.24. The van der Waals surface area contributed by atoms with Crippen LogP contribution in [-0.2, 0) is 9.53 Å². The van der Waals surface area contributed by atoms with Gasteiger partial charge in [-0.05, 0) is 19.8 Å². The monoisotopic (exact) mass is 370 g/mol. The highest BCUT2D eigenvalue weighted by atomic mass is 35.5. The number of nitrogens with one attached hydrogen (secondary N) is 1. The normalized spacial score (nSPS) is 15.5. The molecule has 9 heteroatoms. The number of ether oxygens (including phenoxy) is 1. The van der Waals surface area contributed by atoms with Gasteiger partial charge in [-0.1, -0.05) is 46.4 Å². The van der Waals surface area contributed by atoms with E-state index in [9.17, 15) is 9.59 Å². The Kier molecular flexibility index (Phi) is 5.20. The summed E-state index contributed by atoms with van der Waals surface area (Å²) in [5.41, 5.74) is -0.290. The van der Waals surface area contributed by atoms with Gasteiger partial charge in [-0.15, -0.1) is 0 Å². The van der Waals surface area contributed by atoms with E-state index in [1.165, 1.54) is 6.92 Å². The average Bonchev–Trinajstić information content (AvgIpc) is 3.24. The molecule has 0 radical (unpaired) electrons. The summed E-state index contributed by atoms with van der Waals surface area (Å²) < 4.78 is 5.00. The van der Waals surface area contributed by atoms with Crippen molar-refractivity contribution in [2.45, 2.75) is 31.9 Å². The predicted octanol–water partition coefficient (Wildman–Crippen LogP) is 3.52. The molecule has 1 aliphatic rings. The Hall–Kier alpha value is -0.750. The zero-order valence-corrected chi connectivity index (χ0v) is 13.8. The van der Waals surface area contributed by atoms with Gasteiger partial charge in [-0.2, -0.15) is 0 Å². The molecule has 1 aromatic rings. The first-order chi connectivity index (χ1) is 9.81. The Labute approximate surface area is 140 Å². The predicted molar refractivity (Wildman–Crippen MR) is 80.3 cm³/mol. The molecule has 1 saturated carbocycles. The minimum atomic E-state index is -0.982. The fourth-order valence-electron chi connectivity index (χ4n) is 1.44. The molecule has 1 heterocycles. The first-order valence-electron chi connectivity index (χ1n) is 6.02. The van der Waals surface area contributed by atoms with Crippen LogP contribution in [0, 0.1) is 0 Å². The van der Waals surface area contributed by atoms with Crippen LogP contribution in [0.15, 0.2) is 0 Å². The SMILES string of the molecule is CC(OC(=O)c1nc(Cl)c(Cl)c(Cl)c1Cl)C(=O)NC1CC1. The van der Waals surface area contributed by atoms with Crippen LogP contribution in [0.25, 0.3) is 0 Å². The summed E-state index contributed by atoms with van der Waals surface area (Å²) in [4.78, 5) is 27.4. The fraction of sp³-hybridized carbons (Fsp3) is 0.417. The average molecular weight is 372 g/mol. The summed E-state index contributed by atoms with van der Waals surface area (Å²) in [5, 5.41) is 2.21. The van der Waals surface area contributed by atoms with E-state index in [2.05, 4.69) is 10.3 Å². The lowest BCUT2D eigenvalue weighted by Gasteiger charge is -2.14. The molecule has 1 fully saturated rings. The van der Waals surface area contributed by atoms with Gasteiger partial charge < -0.3 is 10.1 Å². The molecule has 1 amide bonds. The van der Waals surface area contributed by atoms with Gasteiger partial charge >= 0.3 is 5.97 Å². The smallest absolute Gasteiger partial charge is 0.359 e. The quantitative estimate of drug-likeness (QED) is 0.649. The Morgan fingerprint density at radius 2 is 1.81 bits per heavy atom. The van der Waals surface area contributed by atoms with E-state index in [0.717, 1.165) is 12.8 Å². The highest BCUT2D eigenvalue weighted by Gasteiger charge is 2.29. The second kappa shape index (κ2) is 6.57. The van der Waals surface area contributed by atoms with E-state index in [1.54, 1.807) is 0 Å². The molecule has 1 atom stereocenters. The molecule has 5 nitrogen and oxygen atoms in total. The van der Waals surface area contributed by atoms with Crippen LogP contribution in [0.4, 0.5) is 0 Å². The molecule has 21 heavy (non-hydrogen) atoms. The van der Waals surface area contributed by atoms with Gasteiger partial charge in [0, 0.05) is 6.04 Å². The van der Waals surface area contributed by atoms with Crippen LogP contribution in [0.3, 0.4) is 0 Å². The molecule has 1 unspecified atom stereocenters. The third-order valence-corrected chi connectivity index (χ3v) is 4.43. The van der Waals surface area contributed by atoms with E-state index < -0.39 is 12.1 Å². The van der Waals surface area contributed by atoms with Crippen molar-refractivity contribution in [3.05, 3.63) is 25.9 Å². The van der Waals surface area contributed by atoms with Gasteiger partial charge in [-0.3, -0.25) is 4.79 Å². The van der Waals surface area contributed by atoms with Gasteiger partial charge in [0.05, 0.1) is 15.1 Å². The van der Waals surface area contributed by atoms with Gasteiger partial charge in [0.1, 0.15) is 5.15 Å². The number of carbonyl (C=O) groups excluding carboxylic acids is 2. The highest BCUT2D eigenvalue weighted by Crippen LogP contribution is 2.36. The molecule has 1 aliphatic carbocycles. The molecule has 2 rings (SSSR count). The summed E-state index contributed by atoms with van der Waals surface area (Å²) >= 11 is 23.2. The Morgan fingerprint density at radius 3 is 2.38 bits per heavy atom. The van der Waals surface area contributed by atoms with E-state index in [-0.39, 0.29) is 37.9 Å². The minimum Gasteiger partial charge on any atom is -0.448 e. The number of pyridine rings is 1. The van der Waals surface area contributed by atoms with Gasteiger partial charge in [0.15, 0.2) is 11.8 Å². The Bertz CT molecular complexity index is 605. The van der Waals surface area contributed by atoms with E-state index in [4.69, 9.17) is 51.1 Å². The lowest BCUT2D eigenvalue weighted by atomic mass is 10.3. The lowest BCUT2D eigenvalue weighted by molar-refractivity contribution is -0.129. The van der Waals surface area contributed by atoms with E-state index >= 15 is 0 Å². The maximum absolute atomic E-state index is 12.0. The third-order valence-electron chi connectivity index (χ3n) is 2.75. The van der Waals surface area contributed by atoms with E-state index in [1.807, 2.05) is 0 Å². The summed E-state index contributed by atoms with van der Waals surface area (Å²) in [6.07, 6.45) is 0.883. The topological polar surface area (TPSA) is 68.3 Å². The number of esters is 1. The number of rotatable bonds is 4. The van der Waals surface area contributed by atoms with Crippen LogP contribution in [0.1, 0.15) is 30.3 Å². The number of hydrogen-bond acceptors (Lipinski definition) is 4. The summed E-state index contributed by atoms with van der Waals surface area (Å²) in [6.45, 7) is 1.45. The lowest BCUT2D eigenvalue weighted by Crippen LogP contribution is -2.37. The van der Waals surface area contributed by atoms with Crippen LogP contribution in [0.5, 0.6) is 0 Å². The molecule has 114 valence electrons. The molecule has 0 saturated heterocycles. The molecule has 0 spiro atoms. The van der Waals surface area contributed by atoms with Crippen LogP contribution < -0.4 is 5.32 Å². The first kappa shape index (κ1) is 16.6. The number of amides is 1. The third kappa shape index (κ3) is 3.92.